The Kier molecular flexibility index (Phi) is 5.55. The van der Waals surface area contributed by atoms with Gasteiger partial charge in [-0.1, -0.05) is 78.9 Å². The highest BCUT2D eigenvalue weighted by Crippen LogP contribution is 2.28. The summed E-state index contributed by atoms with van der Waals surface area (Å²) in [7, 11) is 0. The van der Waals surface area contributed by atoms with Crippen molar-refractivity contribution in [2.45, 2.75) is 25.3 Å². The second-order valence-electron chi connectivity index (χ2n) is 7.62. The first-order valence-electron chi connectivity index (χ1n) is 9.86. The first-order valence-corrected chi connectivity index (χ1v) is 9.86. The number of rotatable bonds is 7. The van der Waals surface area contributed by atoms with Crippen molar-refractivity contribution in [1.29, 1.82) is 0 Å². The van der Waals surface area contributed by atoms with Crippen LogP contribution in [-0.2, 0) is 18.4 Å². The molecule has 0 unspecified atom stereocenters. The normalized spacial score (nSPS) is 13.0. The smallest absolute Gasteiger partial charge is 0.248 e. The van der Waals surface area contributed by atoms with Gasteiger partial charge in [0.2, 0.25) is 11.8 Å². The molecule has 1 aromatic heterocycles. The molecule has 0 radical (unpaired) electrons. The SMILES string of the molecule is C[C@](N)(Cc1ccccc1)c1nnc(-c2ccccc2CC(=O)c2ccccc2)o1. The fourth-order valence-corrected chi connectivity index (χ4v) is 3.44. The van der Waals surface area contributed by atoms with Crippen molar-refractivity contribution < 1.29 is 9.21 Å². The van der Waals surface area contributed by atoms with E-state index < -0.39 is 5.54 Å². The van der Waals surface area contributed by atoms with Gasteiger partial charge in [0, 0.05) is 17.5 Å². The van der Waals surface area contributed by atoms with Gasteiger partial charge in [0.1, 0.15) is 0 Å². The van der Waals surface area contributed by atoms with Gasteiger partial charge in [-0.3, -0.25) is 4.79 Å². The molecule has 0 amide bonds. The lowest BCUT2D eigenvalue weighted by Crippen LogP contribution is -2.35. The van der Waals surface area contributed by atoms with Gasteiger partial charge >= 0.3 is 0 Å². The van der Waals surface area contributed by atoms with Gasteiger partial charge in [0.15, 0.2) is 5.78 Å². The first-order chi connectivity index (χ1) is 14.5. The minimum absolute atomic E-state index is 0.0375. The highest BCUT2D eigenvalue weighted by molar-refractivity contribution is 5.98. The van der Waals surface area contributed by atoms with Crippen molar-refractivity contribution in [2.75, 3.05) is 0 Å². The van der Waals surface area contributed by atoms with Crippen molar-refractivity contribution in [2.24, 2.45) is 5.73 Å². The summed E-state index contributed by atoms with van der Waals surface area (Å²) in [5.41, 5.74) is 9.05. The molecule has 0 fully saturated rings. The van der Waals surface area contributed by atoms with Gasteiger partial charge in [-0.2, -0.15) is 0 Å². The molecule has 5 nitrogen and oxygen atoms in total. The number of Topliss-reactive ketones (excluding diaryl/α,β-unsaturated/α-hetero) is 1. The number of ketones is 1. The molecule has 0 aliphatic rings. The summed E-state index contributed by atoms with van der Waals surface area (Å²) >= 11 is 0. The maximum Gasteiger partial charge on any atom is 0.248 e. The lowest BCUT2D eigenvalue weighted by atomic mass is 9.94. The number of nitrogens with two attached hydrogens (primary N) is 1. The molecule has 0 saturated carbocycles. The van der Waals surface area contributed by atoms with E-state index in [2.05, 4.69) is 10.2 Å². The molecule has 0 saturated heterocycles. The van der Waals surface area contributed by atoms with Crippen molar-refractivity contribution in [3.05, 3.63) is 108 Å². The van der Waals surface area contributed by atoms with E-state index in [1.165, 1.54) is 0 Å². The molecule has 1 atom stereocenters. The Hall–Kier alpha value is -3.57. The van der Waals surface area contributed by atoms with Crippen LogP contribution in [0.1, 0.15) is 34.3 Å². The fourth-order valence-electron chi connectivity index (χ4n) is 3.44. The average Bonchev–Trinajstić information content (AvgIpc) is 3.26. The zero-order valence-corrected chi connectivity index (χ0v) is 16.8. The maximum atomic E-state index is 12.7. The minimum atomic E-state index is -0.804. The van der Waals surface area contributed by atoms with E-state index in [0.29, 0.717) is 23.8 Å². The topological polar surface area (TPSA) is 82.0 Å². The van der Waals surface area contributed by atoms with Gasteiger partial charge in [-0.15, -0.1) is 10.2 Å². The monoisotopic (exact) mass is 397 g/mol. The maximum absolute atomic E-state index is 12.7. The van der Waals surface area contributed by atoms with Crippen molar-refractivity contribution in [3.8, 4) is 11.5 Å². The molecule has 1 heterocycles. The third-order valence-electron chi connectivity index (χ3n) is 5.02. The van der Waals surface area contributed by atoms with Gasteiger partial charge in [-0.25, -0.2) is 0 Å². The number of aromatic nitrogens is 2. The lowest BCUT2D eigenvalue weighted by Gasteiger charge is -2.20. The fraction of sp³-hybridized carbons (Fsp3) is 0.160. The second kappa shape index (κ2) is 8.43. The Bertz CT molecular complexity index is 1140. The van der Waals surface area contributed by atoms with Gasteiger partial charge < -0.3 is 10.2 Å². The van der Waals surface area contributed by atoms with Crippen molar-refractivity contribution in [1.82, 2.24) is 10.2 Å². The van der Waals surface area contributed by atoms with Crippen LogP contribution in [0.25, 0.3) is 11.5 Å². The summed E-state index contributed by atoms with van der Waals surface area (Å²) < 4.78 is 5.98. The minimum Gasteiger partial charge on any atom is -0.419 e. The summed E-state index contributed by atoms with van der Waals surface area (Å²) in [4.78, 5) is 12.7. The molecule has 5 heteroatoms. The van der Waals surface area contributed by atoms with Gasteiger partial charge in [0.25, 0.3) is 0 Å². The Labute approximate surface area is 175 Å². The Morgan fingerprint density at radius 2 is 1.53 bits per heavy atom. The van der Waals surface area contributed by atoms with Crippen LogP contribution in [0.3, 0.4) is 0 Å². The number of nitrogens with zero attached hydrogens (tertiary/aromatic N) is 2. The van der Waals surface area contributed by atoms with Crippen molar-refractivity contribution in [3.63, 3.8) is 0 Å². The van der Waals surface area contributed by atoms with Crippen LogP contribution >= 0.6 is 0 Å². The van der Waals surface area contributed by atoms with Crippen molar-refractivity contribution >= 4 is 5.78 Å². The van der Waals surface area contributed by atoms with Crippen LogP contribution in [0, 0.1) is 0 Å². The Morgan fingerprint density at radius 3 is 2.27 bits per heavy atom. The molecule has 2 N–H and O–H groups in total. The molecule has 0 aliphatic heterocycles. The first kappa shape index (κ1) is 19.7. The van der Waals surface area contributed by atoms with E-state index in [0.717, 1.165) is 16.7 Å². The molecular formula is C25H23N3O2. The second-order valence-corrected chi connectivity index (χ2v) is 7.62. The number of hydrogen-bond donors (Lipinski definition) is 1. The summed E-state index contributed by atoms with van der Waals surface area (Å²) in [6, 6.07) is 26.8. The van der Waals surface area contributed by atoms with E-state index >= 15 is 0 Å². The number of hydrogen-bond acceptors (Lipinski definition) is 5. The van der Waals surface area contributed by atoms with E-state index in [4.69, 9.17) is 10.2 Å². The molecule has 0 bridgehead atoms. The van der Waals surface area contributed by atoms with Gasteiger partial charge in [0.05, 0.1) is 5.54 Å². The molecule has 4 aromatic rings. The van der Waals surface area contributed by atoms with E-state index in [9.17, 15) is 4.79 Å². The van der Waals surface area contributed by atoms with Crippen LogP contribution in [0.15, 0.2) is 89.3 Å². The van der Waals surface area contributed by atoms with E-state index in [1.807, 2.05) is 91.9 Å². The molecule has 0 spiro atoms. The predicted molar refractivity (Wildman–Crippen MR) is 116 cm³/mol. The number of benzene rings is 3. The summed E-state index contributed by atoms with van der Waals surface area (Å²) in [5, 5.41) is 8.44. The van der Waals surface area contributed by atoms with Crippen LogP contribution in [0.2, 0.25) is 0 Å². The molecule has 0 aliphatic carbocycles. The zero-order valence-electron chi connectivity index (χ0n) is 16.8. The summed E-state index contributed by atoms with van der Waals surface area (Å²) in [6.07, 6.45) is 0.825. The molecule has 4 rings (SSSR count). The average molecular weight is 397 g/mol. The highest BCUT2D eigenvalue weighted by Gasteiger charge is 2.29. The van der Waals surface area contributed by atoms with Gasteiger partial charge in [-0.05, 0) is 30.5 Å². The Morgan fingerprint density at radius 1 is 0.900 bits per heavy atom. The lowest BCUT2D eigenvalue weighted by molar-refractivity contribution is 0.0993. The standard InChI is InChI=1S/C25H23N3O2/c1-25(26,17-18-10-4-2-5-11-18)24-28-27-23(30-24)21-15-9-8-14-20(21)16-22(29)19-12-6-3-7-13-19/h2-15H,16-17,26H2,1H3/t25-/m0/s1. The summed E-state index contributed by atoms with van der Waals surface area (Å²) in [5.74, 6) is 0.771. The largest absolute Gasteiger partial charge is 0.419 e. The quantitative estimate of drug-likeness (QED) is 0.462. The highest BCUT2D eigenvalue weighted by atomic mass is 16.4. The predicted octanol–water partition coefficient (Wildman–Crippen LogP) is 4.58. The molecule has 30 heavy (non-hydrogen) atoms. The zero-order chi connectivity index (χ0) is 21.0. The number of carbonyl (C=O) groups excluding carboxylic acids is 1. The van der Waals surface area contributed by atoms with Crippen LogP contribution in [0.4, 0.5) is 0 Å². The van der Waals surface area contributed by atoms with E-state index in [-0.39, 0.29) is 12.2 Å². The van der Waals surface area contributed by atoms with E-state index in [1.54, 1.807) is 0 Å². The van der Waals surface area contributed by atoms with Crippen LogP contribution < -0.4 is 5.73 Å². The summed E-state index contributed by atoms with van der Waals surface area (Å²) in [6.45, 7) is 1.88. The van der Waals surface area contributed by atoms with Crippen LogP contribution in [-0.4, -0.2) is 16.0 Å². The molecule has 150 valence electrons. The molecular weight excluding hydrogens is 374 g/mol. The number of carbonyl (C=O) groups is 1. The molecule has 3 aromatic carbocycles. The van der Waals surface area contributed by atoms with Crippen LogP contribution in [0.5, 0.6) is 0 Å². The third-order valence-corrected chi connectivity index (χ3v) is 5.02. The Balaban J connectivity index is 1.59. The third kappa shape index (κ3) is 4.36.